The lowest BCUT2D eigenvalue weighted by Gasteiger charge is -2.13. The smallest absolute Gasteiger partial charge is 0.363 e. The molecule has 0 N–H and O–H groups in total. The predicted octanol–water partition coefficient (Wildman–Crippen LogP) is 5.72. The molecule has 0 atom stereocenters. The van der Waals surface area contributed by atoms with Gasteiger partial charge in [-0.3, -0.25) is 0 Å². The number of carbonyl (C=O) groups excluding carboxylic acids is 2. The standard InChI is InChI=1S/C26H20BrNO5/c1-3-31-22-15-17(13-20(27)23(22)32-25(29)19-7-5-4-6-8-19)14-21-26(30)33-24(28-21)18-11-9-16(2)10-12-18/h4-15H,3H2,1-2H3/b21-14-. The Kier molecular flexibility index (Phi) is 6.70. The molecule has 0 saturated carbocycles. The minimum Gasteiger partial charge on any atom is -0.490 e. The molecule has 4 rings (SSSR count). The summed E-state index contributed by atoms with van der Waals surface area (Å²) in [7, 11) is 0. The second-order valence-electron chi connectivity index (χ2n) is 7.22. The van der Waals surface area contributed by atoms with Crippen LogP contribution in [0, 0.1) is 6.92 Å². The number of hydrogen-bond donors (Lipinski definition) is 0. The molecule has 3 aromatic carbocycles. The molecule has 0 spiro atoms. The normalized spacial score (nSPS) is 14.1. The second-order valence-corrected chi connectivity index (χ2v) is 8.07. The van der Waals surface area contributed by atoms with Crippen molar-refractivity contribution in [2.24, 2.45) is 4.99 Å². The van der Waals surface area contributed by atoms with Crippen LogP contribution in [-0.2, 0) is 9.53 Å². The first-order chi connectivity index (χ1) is 15.9. The number of ether oxygens (including phenoxy) is 3. The molecule has 6 nitrogen and oxygen atoms in total. The number of esters is 2. The Labute approximate surface area is 199 Å². The predicted molar refractivity (Wildman–Crippen MR) is 128 cm³/mol. The Bertz CT molecular complexity index is 1260. The van der Waals surface area contributed by atoms with Gasteiger partial charge in [-0.05, 0) is 77.8 Å². The van der Waals surface area contributed by atoms with Gasteiger partial charge in [-0.1, -0.05) is 35.9 Å². The fourth-order valence-corrected chi connectivity index (χ4v) is 3.69. The zero-order valence-corrected chi connectivity index (χ0v) is 19.6. The number of rotatable bonds is 6. The second kappa shape index (κ2) is 9.83. The monoisotopic (exact) mass is 505 g/mol. The van der Waals surface area contributed by atoms with Gasteiger partial charge in [-0.2, -0.15) is 0 Å². The van der Waals surface area contributed by atoms with Crippen molar-refractivity contribution in [2.45, 2.75) is 13.8 Å². The van der Waals surface area contributed by atoms with Gasteiger partial charge in [-0.15, -0.1) is 0 Å². The van der Waals surface area contributed by atoms with E-state index >= 15 is 0 Å². The van der Waals surface area contributed by atoms with E-state index in [9.17, 15) is 9.59 Å². The molecule has 0 bridgehead atoms. The zero-order chi connectivity index (χ0) is 23.4. The minimum absolute atomic E-state index is 0.161. The molecule has 0 fully saturated rings. The van der Waals surface area contributed by atoms with E-state index in [1.807, 2.05) is 44.2 Å². The molecule has 0 aliphatic carbocycles. The molecule has 0 radical (unpaired) electrons. The molecule has 3 aromatic rings. The molecular weight excluding hydrogens is 486 g/mol. The maximum Gasteiger partial charge on any atom is 0.363 e. The molecule has 7 heteroatoms. The van der Waals surface area contributed by atoms with Crippen LogP contribution in [0.2, 0.25) is 0 Å². The van der Waals surface area contributed by atoms with Crippen molar-refractivity contribution in [2.75, 3.05) is 6.61 Å². The number of carbonyl (C=O) groups is 2. The van der Waals surface area contributed by atoms with Crippen molar-refractivity contribution in [3.8, 4) is 11.5 Å². The molecule has 33 heavy (non-hydrogen) atoms. The van der Waals surface area contributed by atoms with Crippen molar-refractivity contribution in [3.05, 3.63) is 99.2 Å². The molecule has 1 aliphatic rings. The van der Waals surface area contributed by atoms with Crippen LogP contribution in [-0.4, -0.2) is 24.4 Å². The number of benzene rings is 3. The van der Waals surface area contributed by atoms with Crippen LogP contribution in [0.25, 0.3) is 6.08 Å². The van der Waals surface area contributed by atoms with Gasteiger partial charge in [-0.25, -0.2) is 14.6 Å². The van der Waals surface area contributed by atoms with Crippen LogP contribution < -0.4 is 9.47 Å². The van der Waals surface area contributed by atoms with Crippen molar-refractivity contribution in [3.63, 3.8) is 0 Å². The molecular formula is C26H20BrNO5. The number of aryl methyl sites for hydroxylation is 1. The average Bonchev–Trinajstić information content (AvgIpc) is 3.17. The number of hydrogen-bond acceptors (Lipinski definition) is 6. The Morgan fingerprint density at radius 2 is 1.82 bits per heavy atom. The summed E-state index contributed by atoms with van der Waals surface area (Å²) < 4.78 is 17.1. The topological polar surface area (TPSA) is 74.2 Å². The van der Waals surface area contributed by atoms with Crippen molar-refractivity contribution in [1.29, 1.82) is 0 Å². The maximum absolute atomic E-state index is 12.5. The number of cyclic esters (lactones) is 1. The van der Waals surface area contributed by atoms with E-state index in [4.69, 9.17) is 14.2 Å². The summed E-state index contributed by atoms with van der Waals surface area (Å²) in [5, 5.41) is 0. The van der Waals surface area contributed by atoms with Crippen molar-refractivity contribution in [1.82, 2.24) is 0 Å². The molecule has 1 aliphatic heterocycles. The van der Waals surface area contributed by atoms with Gasteiger partial charge in [0.1, 0.15) is 0 Å². The summed E-state index contributed by atoms with van der Waals surface area (Å²) >= 11 is 3.45. The molecule has 166 valence electrons. The quantitative estimate of drug-likeness (QED) is 0.243. The number of aliphatic imine (C=N–C) groups is 1. The third-order valence-corrected chi connectivity index (χ3v) is 5.35. The summed E-state index contributed by atoms with van der Waals surface area (Å²) in [5.74, 6) is -0.180. The summed E-state index contributed by atoms with van der Waals surface area (Å²) in [6.45, 7) is 4.17. The maximum atomic E-state index is 12.5. The first kappa shape index (κ1) is 22.5. The van der Waals surface area contributed by atoms with Crippen LogP contribution in [0.4, 0.5) is 0 Å². The average molecular weight is 506 g/mol. The lowest BCUT2D eigenvalue weighted by molar-refractivity contribution is -0.129. The summed E-state index contributed by atoms with van der Waals surface area (Å²) in [6, 6.07) is 19.6. The first-order valence-electron chi connectivity index (χ1n) is 10.3. The van der Waals surface area contributed by atoms with Crippen LogP contribution in [0.5, 0.6) is 11.5 Å². The number of nitrogens with zero attached hydrogens (tertiary/aromatic N) is 1. The van der Waals surface area contributed by atoms with Gasteiger partial charge in [0.2, 0.25) is 5.90 Å². The Morgan fingerprint density at radius 3 is 2.52 bits per heavy atom. The van der Waals surface area contributed by atoms with Gasteiger partial charge in [0.25, 0.3) is 0 Å². The van der Waals surface area contributed by atoms with Crippen LogP contribution in [0.15, 0.2) is 81.9 Å². The highest BCUT2D eigenvalue weighted by atomic mass is 79.9. The Balaban J connectivity index is 1.64. The Morgan fingerprint density at radius 1 is 1.09 bits per heavy atom. The van der Waals surface area contributed by atoms with Crippen LogP contribution >= 0.6 is 15.9 Å². The van der Waals surface area contributed by atoms with Gasteiger partial charge >= 0.3 is 11.9 Å². The van der Waals surface area contributed by atoms with E-state index in [0.717, 1.165) is 11.1 Å². The molecule has 0 unspecified atom stereocenters. The molecule has 0 aromatic heterocycles. The van der Waals surface area contributed by atoms with E-state index < -0.39 is 11.9 Å². The molecule has 0 amide bonds. The fraction of sp³-hybridized carbons (Fsp3) is 0.115. The highest BCUT2D eigenvalue weighted by Gasteiger charge is 2.25. The third kappa shape index (κ3) is 5.21. The fourth-order valence-electron chi connectivity index (χ4n) is 3.15. The lowest BCUT2D eigenvalue weighted by Crippen LogP contribution is -2.10. The summed E-state index contributed by atoms with van der Waals surface area (Å²) in [6.07, 6.45) is 1.60. The van der Waals surface area contributed by atoms with E-state index in [1.165, 1.54) is 0 Å². The van der Waals surface area contributed by atoms with Crippen LogP contribution in [0.3, 0.4) is 0 Å². The van der Waals surface area contributed by atoms with Gasteiger partial charge in [0.05, 0.1) is 16.6 Å². The summed E-state index contributed by atoms with van der Waals surface area (Å²) in [5.41, 5.74) is 3.03. The minimum atomic E-state index is -0.542. The SMILES string of the molecule is CCOc1cc(/C=C2\N=C(c3ccc(C)cc3)OC2=O)cc(Br)c1OC(=O)c1ccccc1. The van der Waals surface area contributed by atoms with E-state index in [2.05, 4.69) is 20.9 Å². The van der Waals surface area contributed by atoms with Crippen LogP contribution in [0.1, 0.15) is 34.0 Å². The van der Waals surface area contributed by atoms with Gasteiger partial charge in [0, 0.05) is 5.56 Å². The molecule has 0 saturated heterocycles. The molecule has 1 heterocycles. The van der Waals surface area contributed by atoms with Crippen molar-refractivity contribution >= 4 is 39.8 Å². The van der Waals surface area contributed by atoms with Gasteiger partial charge in [0.15, 0.2) is 17.2 Å². The zero-order valence-electron chi connectivity index (χ0n) is 18.0. The van der Waals surface area contributed by atoms with Gasteiger partial charge < -0.3 is 14.2 Å². The lowest BCUT2D eigenvalue weighted by atomic mass is 10.1. The van der Waals surface area contributed by atoms with E-state index in [-0.39, 0.29) is 17.3 Å². The number of halogens is 1. The highest BCUT2D eigenvalue weighted by Crippen LogP contribution is 2.38. The van der Waals surface area contributed by atoms with E-state index in [0.29, 0.717) is 28.0 Å². The Hall–Kier alpha value is -3.71. The first-order valence-corrected chi connectivity index (χ1v) is 11.1. The van der Waals surface area contributed by atoms with Crippen molar-refractivity contribution < 1.29 is 23.8 Å². The highest BCUT2D eigenvalue weighted by molar-refractivity contribution is 9.10. The summed E-state index contributed by atoms with van der Waals surface area (Å²) in [4.78, 5) is 29.3. The van der Waals surface area contributed by atoms with E-state index in [1.54, 1.807) is 42.5 Å². The third-order valence-electron chi connectivity index (χ3n) is 4.76. The largest absolute Gasteiger partial charge is 0.490 e.